The molecule has 4 nitrogen and oxygen atoms in total. The average Bonchev–Trinajstić information content (AvgIpc) is 2.72. The first-order valence-electron chi connectivity index (χ1n) is 10.6. The number of carbonyl (C=O) groups is 2. The third-order valence-electron chi connectivity index (χ3n) is 5.21. The van der Waals surface area contributed by atoms with Crippen molar-refractivity contribution in [1.29, 1.82) is 0 Å². The average molecular weight is 397 g/mol. The number of benzene rings is 1. The molecule has 2 heterocycles. The molecule has 2 saturated heterocycles. The van der Waals surface area contributed by atoms with Gasteiger partial charge in [0.25, 0.3) is 0 Å². The van der Waals surface area contributed by atoms with Crippen LogP contribution in [0.25, 0.3) is 0 Å². The summed E-state index contributed by atoms with van der Waals surface area (Å²) in [5.41, 5.74) is 0.294. The minimum Gasteiger partial charge on any atom is -0.371 e. The molecule has 0 aromatic heterocycles. The molecule has 2 fully saturated rings. The van der Waals surface area contributed by atoms with Crippen LogP contribution in [0.15, 0.2) is 12.1 Å². The van der Waals surface area contributed by atoms with Gasteiger partial charge in [0.15, 0.2) is 0 Å². The summed E-state index contributed by atoms with van der Waals surface area (Å²) in [7, 11) is 0. The molecule has 1 N–H and O–H groups in total. The van der Waals surface area contributed by atoms with Gasteiger partial charge in [-0.15, -0.1) is 0 Å². The largest absolute Gasteiger partial charge is 0.371 e. The van der Waals surface area contributed by atoms with Crippen LogP contribution in [0, 0.1) is 17.6 Å². The fraction of sp³-hybridized carbons (Fsp3) is 0.636. The molecule has 28 heavy (non-hydrogen) atoms. The SMILES string of the molecule is CC.CC.CCC1CCN(c2cc(F)c(C3CCC(=O)NC3=O)c(F)c2)CC1. The molecule has 2 aliphatic rings. The second-order valence-electron chi connectivity index (χ2n) is 6.67. The number of hydrogen-bond acceptors (Lipinski definition) is 3. The Kier molecular flexibility index (Phi) is 10.1. The van der Waals surface area contributed by atoms with Crippen molar-refractivity contribution in [1.82, 2.24) is 5.32 Å². The van der Waals surface area contributed by atoms with Crippen LogP contribution in [-0.2, 0) is 9.59 Å². The van der Waals surface area contributed by atoms with Crippen LogP contribution in [0.5, 0.6) is 0 Å². The zero-order valence-electron chi connectivity index (χ0n) is 17.8. The third-order valence-corrected chi connectivity index (χ3v) is 5.21. The van der Waals surface area contributed by atoms with Crippen LogP contribution in [0.2, 0.25) is 0 Å². The Labute approximate surface area is 167 Å². The number of nitrogens with zero attached hydrogens (tertiary/aromatic N) is 1. The molecular formula is C22H34F2N2O2. The normalized spacial score (nSPS) is 19.8. The van der Waals surface area contributed by atoms with E-state index in [0.717, 1.165) is 32.4 Å². The van der Waals surface area contributed by atoms with Crippen LogP contribution in [-0.4, -0.2) is 24.9 Å². The lowest BCUT2D eigenvalue weighted by atomic mass is 9.89. The Hall–Kier alpha value is -1.98. The van der Waals surface area contributed by atoms with Crippen LogP contribution in [0.3, 0.4) is 0 Å². The van der Waals surface area contributed by atoms with Gasteiger partial charge >= 0.3 is 0 Å². The summed E-state index contributed by atoms with van der Waals surface area (Å²) in [5, 5.41) is 2.15. The van der Waals surface area contributed by atoms with Crippen molar-refractivity contribution in [2.75, 3.05) is 18.0 Å². The lowest BCUT2D eigenvalue weighted by Gasteiger charge is -2.33. The molecule has 0 bridgehead atoms. The van der Waals surface area contributed by atoms with Gasteiger partial charge in [-0.05, 0) is 37.3 Å². The van der Waals surface area contributed by atoms with E-state index in [1.807, 2.05) is 32.6 Å². The van der Waals surface area contributed by atoms with Crippen LogP contribution in [0.1, 0.15) is 78.2 Å². The Bertz CT molecular complexity index is 633. The maximum absolute atomic E-state index is 14.5. The summed E-state index contributed by atoms with van der Waals surface area (Å²) < 4.78 is 29.1. The fourth-order valence-electron chi connectivity index (χ4n) is 3.65. The van der Waals surface area contributed by atoms with Crippen molar-refractivity contribution >= 4 is 17.5 Å². The van der Waals surface area contributed by atoms with Gasteiger partial charge in [0.2, 0.25) is 11.8 Å². The van der Waals surface area contributed by atoms with Gasteiger partial charge in [0.1, 0.15) is 11.6 Å². The summed E-state index contributed by atoms with van der Waals surface area (Å²) in [5.74, 6) is -2.71. The summed E-state index contributed by atoms with van der Waals surface area (Å²) in [6, 6.07) is 2.63. The zero-order chi connectivity index (χ0) is 21.3. The number of rotatable bonds is 3. The molecule has 6 heteroatoms. The molecule has 2 amide bonds. The Morgan fingerprint density at radius 3 is 2.00 bits per heavy atom. The van der Waals surface area contributed by atoms with E-state index in [4.69, 9.17) is 0 Å². The summed E-state index contributed by atoms with van der Waals surface area (Å²) >= 11 is 0. The molecule has 2 aliphatic heterocycles. The first-order valence-corrected chi connectivity index (χ1v) is 10.6. The van der Waals surface area contributed by atoms with Crippen LogP contribution < -0.4 is 10.2 Å². The number of halogens is 2. The molecule has 1 atom stereocenters. The molecule has 158 valence electrons. The van der Waals surface area contributed by atoms with Gasteiger partial charge in [0, 0.05) is 30.8 Å². The Balaban J connectivity index is 0.000000921. The third kappa shape index (κ3) is 5.76. The van der Waals surface area contributed by atoms with Crippen LogP contribution >= 0.6 is 0 Å². The van der Waals surface area contributed by atoms with Gasteiger partial charge in [-0.1, -0.05) is 41.0 Å². The highest BCUT2D eigenvalue weighted by Gasteiger charge is 2.33. The number of imide groups is 1. The van der Waals surface area contributed by atoms with Crippen LogP contribution in [0.4, 0.5) is 14.5 Å². The maximum atomic E-state index is 14.5. The molecule has 3 rings (SSSR count). The van der Waals surface area contributed by atoms with E-state index in [9.17, 15) is 18.4 Å². The number of anilines is 1. The second-order valence-corrected chi connectivity index (χ2v) is 6.67. The molecular weight excluding hydrogens is 362 g/mol. The van der Waals surface area contributed by atoms with E-state index in [1.165, 1.54) is 12.1 Å². The zero-order valence-corrected chi connectivity index (χ0v) is 17.8. The number of amides is 2. The molecule has 0 radical (unpaired) electrons. The highest BCUT2D eigenvalue weighted by atomic mass is 19.1. The monoisotopic (exact) mass is 396 g/mol. The fourth-order valence-corrected chi connectivity index (χ4v) is 3.65. The van der Waals surface area contributed by atoms with E-state index in [1.54, 1.807) is 0 Å². The van der Waals surface area contributed by atoms with Crippen molar-refractivity contribution < 1.29 is 18.4 Å². The maximum Gasteiger partial charge on any atom is 0.234 e. The minimum atomic E-state index is -0.942. The smallest absolute Gasteiger partial charge is 0.234 e. The van der Waals surface area contributed by atoms with E-state index in [2.05, 4.69) is 12.2 Å². The van der Waals surface area contributed by atoms with Crippen molar-refractivity contribution in [2.45, 2.75) is 72.6 Å². The van der Waals surface area contributed by atoms with E-state index in [0.29, 0.717) is 11.6 Å². The molecule has 1 aromatic carbocycles. The highest BCUT2D eigenvalue weighted by molar-refractivity contribution is 6.01. The standard InChI is InChI=1S/C18H22F2N2O2.2C2H6/c1-2-11-5-7-22(8-6-11)12-9-14(19)17(15(20)10-12)13-3-4-16(23)21-18(13)24;2*1-2/h9-11,13H,2-8H2,1H3,(H,21,23,24);2*1-2H3. The van der Waals surface area contributed by atoms with Gasteiger partial charge in [-0.25, -0.2) is 8.78 Å². The summed E-state index contributed by atoms with van der Waals surface area (Å²) in [6.07, 6.45) is 3.41. The van der Waals surface area contributed by atoms with Gasteiger partial charge in [-0.2, -0.15) is 0 Å². The Morgan fingerprint density at radius 2 is 1.54 bits per heavy atom. The second kappa shape index (κ2) is 11.8. The van der Waals surface area contributed by atoms with E-state index < -0.39 is 29.4 Å². The predicted molar refractivity (Wildman–Crippen MR) is 109 cm³/mol. The minimum absolute atomic E-state index is 0.0988. The highest BCUT2D eigenvalue weighted by Crippen LogP contribution is 2.33. The molecule has 0 aliphatic carbocycles. The number of nitrogens with one attached hydrogen (secondary N) is 1. The van der Waals surface area contributed by atoms with Crippen molar-refractivity contribution in [3.05, 3.63) is 29.3 Å². The van der Waals surface area contributed by atoms with Gasteiger partial charge in [-0.3, -0.25) is 14.9 Å². The molecule has 1 unspecified atom stereocenters. The Morgan fingerprint density at radius 1 is 1.00 bits per heavy atom. The summed E-state index contributed by atoms with van der Waals surface area (Å²) in [4.78, 5) is 25.1. The number of piperidine rings is 2. The number of hydrogen-bond donors (Lipinski definition) is 1. The van der Waals surface area contributed by atoms with Crippen molar-refractivity contribution in [2.24, 2.45) is 5.92 Å². The first-order chi connectivity index (χ1) is 13.5. The van der Waals surface area contributed by atoms with E-state index in [-0.39, 0.29) is 18.4 Å². The predicted octanol–water partition coefficient (Wildman–Crippen LogP) is 5.16. The van der Waals surface area contributed by atoms with Gasteiger partial charge in [0.05, 0.1) is 5.92 Å². The van der Waals surface area contributed by atoms with Gasteiger partial charge < -0.3 is 4.90 Å². The van der Waals surface area contributed by atoms with Crippen molar-refractivity contribution in [3.8, 4) is 0 Å². The quantitative estimate of drug-likeness (QED) is 0.718. The molecule has 1 aromatic rings. The molecule has 0 saturated carbocycles. The number of carbonyl (C=O) groups excluding carboxylic acids is 2. The lowest BCUT2D eigenvalue weighted by molar-refractivity contribution is -0.134. The lowest BCUT2D eigenvalue weighted by Crippen LogP contribution is -2.40. The summed E-state index contributed by atoms with van der Waals surface area (Å²) in [6.45, 7) is 11.7. The first kappa shape index (κ1) is 24.1. The topological polar surface area (TPSA) is 49.4 Å². The molecule has 0 spiro atoms. The van der Waals surface area contributed by atoms with Crippen molar-refractivity contribution in [3.63, 3.8) is 0 Å². The van der Waals surface area contributed by atoms with E-state index >= 15 is 0 Å².